The number of aliphatic hydroxyl groups is 1. The van der Waals surface area contributed by atoms with Crippen molar-refractivity contribution in [2.24, 2.45) is 0 Å². The summed E-state index contributed by atoms with van der Waals surface area (Å²) in [6.45, 7) is 3.28. The van der Waals surface area contributed by atoms with Crippen molar-refractivity contribution in [1.29, 1.82) is 0 Å². The Morgan fingerprint density at radius 2 is 1.31 bits per heavy atom. The summed E-state index contributed by atoms with van der Waals surface area (Å²) in [6.07, 6.45) is 21.3. The van der Waals surface area contributed by atoms with E-state index in [0.717, 1.165) is 19.3 Å². The maximum Gasteiger partial charge on any atom is 0.407 e. The van der Waals surface area contributed by atoms with Crippen molar-refractivity contribution < 1.29 is 19.4 Å². The van der Waals surface area contributed by atoms with Gasteiger partial charge in [0.05, 0.1) is 18.8 Å². The SMILES string of the molecule is CCCCCCCCCCCCCCCCCNC(=O)OC[C@H]1CC[C@H](CO)O1. The van der Waals surface area contributed by atoms with E-state index in [9.17, 15) is 4.79 Å². The number of amides is 1. The Morgan fingerprint density at radius 3 is 1.79 bits per heavy atom. The molecule has 1 saturated heterocycles. The summed E-state index contributed by atoms with van der Waals surface area (Å²) in [4.78, 5) is 11.7. The molecule has 1 aliphatic heterocycles. The van der Waals surface area contributed by atoms with Crippen molar-refractivity contribution >= 4 is 6.09 Å². The molecule has 0 aromatic heterocycles. The van der Waals surface area contributed by atoms with Gasteiger partial charge in [0.1, 0.15) is 6.61 Å². The summed E-state index contributed by atoms with van der Waals surface area (Å²) in [6, 6.07) is 0. The highest BCUT2D eigenvalue weighted by atomic mass is 16.6. The van der Waals surface area contributed by atoms with E-state index in [1.807, 2.05) is 0 Å². The number of carbonyl (C=O) groups is 1. The van der Waals surface area contributed by atoms with Gasteiger partial charge in [-0.25, -0.2) is 4.79 Å². The first-order valence-corrected chi connectivity index (χ1v) is 12.4. The molecule has 1 rings (SSSR count). The van der Waals surface area contributed by atoms with Crippen LogP contribution in [0.2, 0.25) is 0 Å². The average molecular weight is 414 g/mol. The lowest BCUT2D eigenvalue weighted by Gasteiger charge is -2.13. The molecule has 1 aliphatic rings. The molecule has 2 N–H and O–H groups in total. The Kier molecular flexibility index (Phi) is 17.3. The topological polar surface area (TPSA) is 67.8 Å². The van der Waals surface area contributed by atoms with E-state index in [0.29, 0.717) is 6.54 Å². The minimum absolute atomic E-state index is 0.0435. The monoisotopic (exact) mass is 413 g/mol. The number of ether oxygens (including phenoxy) is 2. The second-order valence-corrected chi connectivity index (χ2v) is 8.62. The third-order valence-corrected chi connectivity index (χ3v) is 5.85. The van der Waals surface area contributed by atoms with Gasteiger partial charge in [-0.1, -0.05) is 96.8 Å². The smallest absolute Gasteiger partial charge is 0.407 e. The lowest BCUT2D eigenvalue weighted by atomic mass is 10.0. The van der Waals surface area contributed by atoms with E-state index >= 15 is 0 Å². The van der Waals surface area contributed by atoms with Crippen LogP contribution in [0.5, 0.6) is 0 Å². The Hall–Kier alpha value is -0.810. The summed E-state index contributed by atoms with van der Waals surface area (Å²) in [5.74, 6) is 0. The fourth-order valence-electron chi connectivity index (χ4n) is 3.94. The molecule has 0 aliphatic carbocycles. The molecular formula is C24H47NO4. The minimum Gasteiger partial charge on any atom is -0.447 e. The summed E-state index contributed by atoms with van der Waals surface area (Å²) < 4.78 is 10.7. The van der Waals surface area contributed by atoms with Crippen molar-refractivity contribution in [3.8, 4) is 0 Å². The van der Waals surface area contributed by atoms with Crippen LogP contribution in [0.15, 0.2) is 0 Å². The number of nitrogens with one attached hydrogen (secondary N) is 1. The number of hydrogen-bond acceptors (Lipinski definition) is 4. The molecule has 172 valence electrons. The lowest BCUT2D eigenvalue weighted by Crippen LogP contribution is -2.29. The zero-order valence-corrected chi connectivity index (χ0v) is 19.0. The average Bonchev–Trinajstić information content (AvgIpc) is 3.20. The zero-order chi connectivity index (χ0) is 21.0. The molecule has 1 amide bonds. The number of alkyl carbamates (subject to hydrolysis) is 1. The van der Waals surface area contributed by atoms with Crippen LogP contribution in [0, 0.1) is 0 Å². The Morgan fingerprint density at radius 1 is 0.828 bits per heavy atom. The molecule has 1 fully saturated rings. The molecule has 5 heteroatoms. The Bertz CT molecular complexity index is 378. The molecular weight excluding hydrogens is 366 g/mol. The van der Waals surface area contributed by atoms with E-state index in [4.69, 9.17) is 14.6 Å². The van der Waals surface area contributed by atoms with Crippen molar-refractivity contribution in [1.82, 2.24) is 5.32 Å². The second-order valence-electron chi connectivity index (χ2n) is 8.62. The first-order chi connectivity index (χ1) is 14.3. The van der Waals surface area contributed by atoms with Gasteiger partial charge in [0.25, 0.3) is 0 Å². The van der Waals surface area contributed by atoms with Gasteiger partial charge in [0.2, 0.25) is 0 Å². The summed E-state index contributed by atoms with van der Waals surface area (Å²) >= 11 is 0. The number of unbranched alkanes of at least 4 members (excludes halogenated alkanes) is 14. The van der Waals surface area contributed by atoms with Crippen LogP contribution in [0.1, 0.15) is 116 Å². The third-order valence-electron chi connectivity index (χ3n) is 5.85. The van der Waals surface area contributed by atoms with E-state index in [1.54, 1.807) is 0 Å². The van der Waals surface area contributed by atoms with Crippen molar-refractivity contribution in [3.05, 3.63) is 0 Å². The lowest BCUT2D eigenvalue weighted by molar-refractivity contribution is -0.0161. The maximum absolute atomic E-state index is 11.7. The van der Waals surface area contributed by atoms with Crippen LogP contribution in [0.4, 0.5) is 4.79 Å². The molecule has 1 heterocycles. The van der Waals surface area contributed by atoms with Gasteiger partial charge in [0, 0.05) is 6.54 Å². The maximum atomic E-state index is 11.7. The second kappa shape index (κ2) is 19.2. The molecule has 2 atom stereocenters. The normalized spacial score (nSPS) is 18.8. The predicted molar refractivity (Wildman–Crippen MR) is 119 cm³/mol. The van der Waals surface area contributed by atoms with Gasteiger partial charge in [-0.3, -0.25) is 0 Å². The molecule has 0 aromatic carbocycles. The Labute approximate surface area is 179 Å². The van der Waals surface area contributed by atoms with Crippen molar-refractivity contribution in [2.75, 3.05) is 19.8 Å². The number of carbonyl (C=O) groups excluding carboxylic acids is 1. The van der Waals surface area contributed by atoms with Crippen LogP contribution in [0.3, 0.4) is 0 Å². The van der Waals surface area contributed by atoms with Crippen molar-refractivity contribution in [3.63, 3.8) is 0 Å². The quantitative estimate of drug-likeness (QED) is 0.250. The first-order valence-electron chi connectivity index (χ1n) is 12.4. The van der Waals surface area contributed by atoms with Crippen molar-refractivity contribution in [2.45, 2.75) is 128 Å². The summed E-state index contributed by atoms with van der Waals surface area (Å²) in [5, 5.41) is 11.8. The van der Waals surface area contributed by atoms with Crippen LogP contribution < -0.4 is 5.32 Å². The fourth-order valence-corrected chi connectivity index (χ4v) is 3.94. The highest BCUT2D eigenvalue weighted by Crippen LogP contribution is 2.19. The van der Waals surface area contributed by atoms with Gasteiger partial charge in [-0.2, -0.15) is 0 Å². The van der Waals surface area contributed by atoms with E-state index in [1.165, 1.54) is 89.9 Å². The summed E-state index contributed by atoms with van der Waals surface area (Å²) in [7, 11) is 0. The van der Waals surface area contributed by atoms with Crippen LogP contribution >= 0.6 is 0 Å². The van der Waals surface area contributed by atoms with Gasteiger partial charge in [-0.15, -0.1) is 0 Å². The zero-order valence-electron chi connectivity index (χ0n) is 19.0. The first kappa shape index (κ1) is 26.2. The molecule has 0 unspecified atom stereocenters. The highest BCUT2D eigenvalue weighted by Gasteiger charge is 2.25. The molecule has 0 bridgehead atoms. The number of hydrogen-bond donors (Lipinski definition) is 2. The number of aliphatic hydroxyl groups excluding tert-OH is 1. The fraction of sp³-hybridized carbons (Fsp3) is 0.958. The van der Waals surface area contributed by atoms with Crippen LogP contribution in [-0.2, 0) is 9.47 Å². The molecule has 0 radical (unpaired) electrons. The van der Waals surface area contributed by atoms with E-state index in [2.05, 4.69) is 12.2 Å². The third kappa shape index (κ3) is 15.7. The van der Waals surface area contributed by atoms with Gasteiger partial charge < -0.3 is 19.9 Å². The largest absolute Gasteiger partial charge is 0.447 e. The van der Waals surface area contributed by atoms with Gasteiger partial charge >= 0.3 is 6.09 Å². The van der Waals surface area contributed by atoms with Gasteiger partial charge in [-0.05, 0) is 19.3 Å². The van der Waals surface area contributed by atoms with E-state index < -0.39 is 0 Å². The van der Waals surface area contributed by atoms with Gasteiger partial charge in [0.15, 0.2) is 0 Å². The molecule has 0 spiro atoms. The van der Waals surface area contributed by atoms with Crippen LogP contribution in [0.25, 0.3) is 0 Å². The standard InChI is InChI=1S/C24H47NO4/c1-2-3-4-5-6-7-8-9-10-11-12-13-14-15-16-19-25-24(27)28-21-23-18-17-22(20-26)29-23/h22-23,26H,2-21H2,1H3,(H,25,27)/t22-,23-/m1/s1. The van der Waals surface area contributed by atoms with E-state index in [-0.39, 0.29) is 31.5 Å². The summed E-state index contributed by atoms with van der Waals surface area (Å²) in [5.41, 5.74) is 0. The minimum atomic E-state index is -0.355. The predicted octanol–water partition coefficient (Wildman–Crippen LogP) is 6.12. The molecule has 5 nitrogen and oxygen atoms in total. The number of rotatable bonds is 19. The van der Waals surface area contributed by atoms with Crippen LogP contribution in [-0.4, -0.2) is 43.2 Å². The molecule has 0 aromatic rings. The molecule has 29 heavy (non-hydrogen) atoms. The Balaban J connectivity index is 1.74. The highest BCUT2D eigenvalue weighted by molar-refractivity contribution is 5.67. The molecule has 0 saturated carbocycles.